The van der Waals surface area contributed by atoms with E-state index in [4.69, 9.17) is 0 Å². The van der Waals surface area contributed by atoms with Gasteiger partial charge in [0.2, 0.25) is 5.91 Å². The highest BCUT2D eigenvalue weighted by atomic mass is 32.2. The Bertz CT molecular complexity index is 582. The van der Waals surface area contributed by atoms with Gasteiger partial charge in [-0.2, -0.15) is 35.1 Å². The second-order valence-corrected chi connectivity index (χ2v) is 8.36. The van der Waals surface area contributed by atoms with Crippen molar-refractivity contribution in [3.8, 4) is 0 Å². The predicted octanol–water partition coefficient (Wildman–Crippen LogP) is 3.18. The third-order valence-electron chi connectivity index (χ3n) is 3.53. The third kappa shape index (κ3) is 5.96. The molecular formula is C12H17F8NO3S. The van der Waals surface area contributed by atoms with Gasteiger partial charge in [0.25, 0.3) is 0 Å². The van der Waals surface area contributed by atoms with Crippen molar-refractivity contribution in [1.29, 1.82) is 0 Å². The lowest BCUT2D eigenvalue weighted by Gasteiger charge is -2.32. The minimum absolute atomic E-state index is 0.549. The fraction of sp³-hybridized carbons (Fsp3) is 0.917. The molecule has 4 nitrogen and oxygen atoms in total. The molecule has 0 aromatic carbocycles. The van der Waals surface area contributed by atoms with Gasteiger partial charge in [0.1, 0.15) is 4.75 Å². The van der Waals surface area contributed by atoms with Crippen LogP contribution in [0.4, 0.5) is 35.1 Å². The van der Waals surface area contributed by atoms with E-state index in [0.717, 1.165) is 14.1 Å². The Kier molecular flexibility index (Phi) is 6.90. The van der Waals surface area contributed by atoms with Crippen LogP contribution < -0.4 is 0 Å². The molecule has 1 unspecified atom stereocenters. The first-order valence-electron chi connectivity index (χ1n) is 6.72. The van der Waals surface area contributed by atoms with Crippen LogP contribution in [0.25, 0.3) is 0 Å². The molecule has 25 heavy (non-hydrogen) atoms. The second-order valence-electron chi connectivity index (χ2n) is 5.82. The second kappa shape index (κ2) is 7.23. The Hall–Kier alpha value is -1.14. The highest BCUT2D eigenvalue weighted by Crippen LogP contribution is 2.41. The maximum absolute atomic E-state index is 13.1. The molecule has 13 heteroatoms. The van der Waals surface area contributed by atoms with Gasteiger partial charge in [0.05, 0.1) is 12.2 Å². The van der Waals surface area contributed by atoms with Crippen LogP contribution in [0.2, 0.25) is 0 Å². The molecule has 0 saturated carbocycles. The normalized spacial score (nSPS) is 16.4. The molecule has 0 aliphatic carbocycles. The number of nitrogens with zero attached hydrogens (tertiary/aromatic N) is 1. The topological polar surface area (TPSA) is 54.5 Å². The monoisotopic (exact) mass is 407 g/mol. The van der Waals surface area contributed by atoms with Crippen LogP contribution in [-0.2, 0) is 14.6 Å². The molecule has 0 saturated heterocycles. The van der Waals surface area contributed by atoms with E-state index in [1.807, 2.05) is 0 Å². The van der Waals surface area contributed by atoms with Gasteiger partial charge in [-0.05, 0) is 13.3 Å². The zero-order chi connectivity index (χ0) is 20.5. The molecule has 0 aliphatic rings. The van der Waals surface area contributed by atoms with Crippen molar-refractivity contribution < 1.29 is 48.3 Å². The zero-order valence-electron chi connectivity index (χ0n) is 13.4. The smallest absolute Gasteiger partial charge is 0.347 e. The largest absolute Gasteiger partial charge is 0.453 e. The number of carbonyl (C=O) groups is 1. The number of halogens is 8. The molecule has 0 rings (SSSR count). The first-order valence-corrected chi connectivity index (χ1v) is 8.37. The lowest BCUT2D eigenvalue weighted by molar-refractivity contribution is -0.284. The maximum Gasteiger partial charge on any atom is 0.453 e. The van der Waals surface area contributed by atoms with E-state index in [9.17, 15) is 48.3 Å². The van der Waals surface area contributed by atoms with Crippen LogP contribution in [0.5, 0.6) is 0 Å². The molecule has 0 heterocycles. The Labute approximate surface area is 139 Å². The van der Waals surface area contributed by atoms with E-state index >= 15 is 0 Å². The molecule has 0 aromatic heterocycles. The fourth-order valence-corrected chi connectivity index (χ4v) is 3.69. The zero-order valence-corrected chi connectivity index (χ0v) is 14.2. The molecule has 0 spiro atoms. The first-order chi connectivity index (χ1) is 10.8. The van der Waals surface area contributed by atoms with Crippen molar-refractivity contribution in [1.82, 2.24) is 4.90 Å². The van der Waals surface area contributed by atoms with Crippen LogP contribution in [-0.4, -0.2) is 62.1 Å². The maximum atomic E-state index is 13.1. The van der Waals surface area contributed by atoms with Gasteiger partial charge >= 0.3 is 18.3 Å². The standard InChI is InChI=1S/C12H17F8NO3S/c1-9(8(22)21(2)3,4-5-10(13,14)12(18,19)20)25(23,24)7-6-11(15,16)17/h4-7H2,1-3H3. The Balaban J connectivity index is 5.73. The molecule has 150 valence electrons. The van der Waals surface area contributed by atoms with Gasteiger partial charge < -0.3 is 4.90 Å². The van der Waals surface area contributed by atoms with E-state index < -0.39 is 63.8 Å². The Morgan fingerprint density at radius 3 is 1.64 bits per heavy atom. The minimum Gasteiger partial charge on any atom is -0.347 e. The average Bonchev–Trinajstić information content (AvgIpc) is 2.39. The molecule has 1 atom stereocenters. The average molecular weight is 407 g/mol. The van der Waals surface area contributed by atoms with Crippen molar-refractivity contribution in [2.24, 2.45) is 0 Å². The van der Waals surface area contributed by atoms with Crippen molar-refractivity contribution in [2.45, 2.75) is 49.2 Å². The Morgan fingerprint density at radius 1 is 0.880 bits per heavy atom. The summed E-state index contributed by atoms with van der Waals surface area (Å²) in [5.74, 6) is -8.28. The highest BCUT2D eigenvalue weighted by molar-refractivity contribution is 7.93. The molecule has 1 amide bonds. The van der Waals surface area contributed by atoms with E-state index in [2.05, 4.69) is 0 Å². The SMILES string of the molecule is CN(C)C(=O)C(C)(CCC(F)(F)C(F)(F)F)S(=O)(=O)CCC(F)(F)F. The number of alkyl halides is 8. The lowest BCUT2D eigenvalue weighted by atomic mass is 9.99. The number of rotatable bonds is 7. The van der Waals surface area contributed by atoms with Crippen molar-refractivity contribution in [3.63, 3.8) is 0 Å². The third-order valence-corrected chi connectivity index (χ3v) is 6.02. The Morgan fingerprint density at radius 2 is 1.32 bits per heavy atom. The number of hydrogen-bond donors (Lipinski definition) is 0. The summed E-state index contributed by atoms with van der Waals surface area (Å²) in [7, 11) is -2.98. The summed E-state index contributed by atoms with van der Waals surface area (Å²) in [6.45, 7) is 0.549. The minimum atomic E-state index is -5.98. The summed E-state index contributed by atoms with van der Waals surface area (Å²) in [6, 6.07) is 0. The van der Waals surface area contributed by atoms with Crippen molar-refractivity contribution in [2.75, 3.05) is 19.8 Å². The van der Waals surface area contributed by atoms with Gasteiger partial charge in [0, 0.05) is 20.5 Å². The summed E-state index contributed by atoms with van der Waals surface area (Å²) in [5.41, 5.74) is 0. The number of amides is 1. The van der Waals surface area contributed by atoms with Gasteiger partial charge in [-0.15, -0.1) is 0 Å². The summed E-state index contributed by atoms with van der Waals surface area (Å²) < 4.78 is 121. The van der Waals surface area contributed by atoms with E-state index in [1.165, 1.54) is 0 Å². The van der Waals surface area contributed by atoms with Gasteiger partial charge in [-0.1, -0.05) is 0 Å². The summed E-state index contributed by atoms with van der Waals surface area (Å²) >= 11 is 0. The van der Waals surface area contributed by atoms with Crippen LogP contribution in [0.15, 0.2) is 0 Å². The predicted molar refractivity (Wildman–Crippen MR) is 71.8 cm³/mol. The summed E-state index contributed by atoms with van der Waals surface area (Å²) in [4.78, 5) is 12.6. The number of sulfone groups is 1. The van der Waals surface area contributed by atoms with Gasteiger partial charge in [0.15, 0.2) is 9.84 Å². The van der Waals surface area contributed by atoms with Crippen LogP contribution in [0, 0.1) is 0 Å². The molecule has 0 radical (unpaired) electrons. The molecule has 0 N–H and O–H groups in total. The van der Waals surface area contributed by atoms with Crippen LogP contribution >= 0.6 is 0 Å². The van der Waals surface area contributed by atoms with Crippen molar-refractivity contribution in [3.05, 3.63) is 0 Å². The quantitative estimate of drug-likeness (QED) is 0.610. The number of carbonyl (C=O) groups excluding carboxylic acids is 1. The van der Waals surface area contributed by atoms with E-state index in [-0.39, 0.29) is 0 Å². The molecule has 0 aromatic rings. The first kappa shape index (κ1) is 23.9. The molecular weight excluding hydrogens is 390 g/mol. The molecule has 0 fully saturated rings. The lowest BCUT2D eigenvalue weighted by Crippen LogP contribution is -2.52. The van der Waals surface area contributed by atoms with Gasteiger partial charge in [-0.3, -0.25) is 4.79 Å². The van der Waals surface area contributed by atoms with Crippen molar-refractivity contribution >= 4 is 15.7 Å². The van der Waals surface area contributed by atoms with Crippen LogP contribution in [0.1, 0.15) is 26.2 Å². The number of hydrogen-bond acceptors (Lipinski definition) is 3. The summed E-state index contributed by atoms with van der Waals surface area (Å²) in [6.07, 6.45) is -16.3. The molecule has 0 bridgehead atoms. The highest BCUT2D eigenvalue weighted by Gasteiger charge is 2.59. The molecule has 0 aliphatic heterocycles. The van der Waals surface area contributed by atoms with E-state index in [1.54, 1.807) is 0 Å². The summed E-state index contributed by atoms with van der Waals surface area (Å²) in [5, 5.41) is 0. The van der Waals surface area contributed by atoms with Crippen LogP contribution in [0.3, 0.4) is 0 Å². The fourth-order valence-electron chi connectivity index (χ4n) is 1.88. The van der Waals surface area contributed by atoms with E-state index in [0.29, 0.717) is 11.8 Å². The van der Waals surface area contributed by atoms with Gasteiger partial charge in [-0.25, -0.2) is 8.42 Å².